The summed E-state index contributed by atoms with van der Waals surface area (Å²) in [5.41, 5.74) is -6.88. The molecule has 0 bridgehead atoms. The van der Waals surface area contributed by atoms with Crippen molar-refractivity contribution in [2.45, 2.75) is 144 Å². The average molecular weight is 607 g/mol. The molecule has 0 aromatic heterocycles. The summed E-state index contributed by atoms with van der Waals surface area (Å²) in [6, 6.07) is 0. The van der Waals surface area contributed by atoms with E-state index in [2.05, 4.69) is 0 Å². The third-order valence-corrected chi connectivity index (χ3v) is 13.4. The van der Waals surface area contributed by atoms with E-state index in [9.17, 15) is 29.7 Å². The molecule has 0 amide bonds. The number of aliphatic hydroxyl groups is 3. The van der Waals surface area contributed by atoms with Gasteiger partial charge in [-0.05, 0) is 57.8 Å². The number of cyclic esters (lactones) is 1. The summed E-state index contributed by atoms with van der Waals surface area (Å²) in [5, 5.41) is 35.6. The molecule has 16 atom stereocenters. The van der Waals surface area contributed by atoms with Crippen LogP contribution < -0.4 is 0 Å². The van der Waals surface area contributed by atoms with Gasteiger partial charge in [-0.3, -0.25) is 4.79 Å². The number of epoxide rings is 1. The lowest BCUT2D eigenvalue weighted by Crippen LogP contribution is -2.72. The molecule has 8 aliphatic rings. The van der Waals surface area contributed by atoms with E-state index in [0.717, 1.165) is 0 Å². The number of esters is 3. The van der Waals surface area contributed by atoms with Crippen molar-refractivity contribution in [1.29, 1.82) is 0 Å². The highest BCUT2D eigenvalue weighted by atomic mass is 16.7. The summed E-state index contributed by atoms with van der Waals surface area (Å²) < 4.78 is 36.9. The first-order chi connectivity index (χ1) is 20.0. The van der Waals surface area contributed by atoms with Crippen LogP contribution in [0.15, 0.2) is 0 Å². The molecule has 0 aromatic rings. The Hall–Kier alpha value is -1.83. The van der Waals surface area contributed by atoms with E-state index in [-0.39, 0.29) is 30.6 Å². The van der Waals surface area contributed by atoms with Crippen molar-refractivity contribution in [3.63, 3.8) is 0 Å². The molecule has 12 heteroatoms. The van der Waals surface area contributed by atoms with E-state index < -0.39 is 100.0 Å². The van der Waals surface area contributed by atoms with Crippen LogP contribution in [0.1, 0.15) is 73.6 Å². The zero-order chi connectivity index (χ0) is 30.9. The summed E-state index contributed by atoms with van der Waals surface area (Å²) in [5.74, 6) is -3.08. The molecule has 5 saturated heterocycles. The summed E-state index contributed by atoms with van der Waals surface area (Å²) in [6.45, 7) is 10.8. The highest BCUT2D eigenvalue weighted by Crippen LogP contribution is 2.73. The number of carbonyl (C=O) groups excluding carboxylic acids is 3. The summed E-state index contributed by atoms with van der Waals surface area (Å²) in [4.78, 5) is 38.0. The minimum atomic E-state index is -1.57. The van der Waals surface area contributed by atoms with Crippen LogP contribution in [0.5, 0.6) is 0 Å². The minimum absolute atomic E-state index is 0.0210. The molecule has 2 spiro atoms. The van der Waals surface area contributed by atoms with Gasteiger partial charge in [0, 0.05) is 31.1 Å². The van der Waals surface area contributed by atoms with Crippen LogP contribution in [0.25, 0.3) is 0 Å². The first-order valence-electron chi connectivity index (χ1n) is 15.7. The zero-order valence-corrected chi connectivity index (χ0v) is 25.4. The molecule has 3 saturated carbocycles. The van der Waals surface area contributed by atoms with Crippen molar-refractivity contribution in [3.8, 4) is 0 Å². The topological polar surface area (TPSA) is 171 Å². The monoisotopic (exact) mass is 606 g/mol. The Morgan fingerprint density at radius 3 is 2.30 bits per heavy atom. The number of ether oxygens (including phenoxy) is 6. The molecule has 43 heavy (non-hydrogen) atoms. The van der Waals surface area contributed by atoms with Crippen LogP contribution >= 0.6 is 0 Å². The van der Waals surface area contributed by atoms with Gasteiger partial charge < -0.3 is 43.7 Å². The van der Waals surface area contributed by atoms with Crippen molar-refractivity contribution in [2.75, 3.05) is 0 Å². The predicted molar refractivity (Wildman–Crippen MR) is 142 cm³/mol. The fraction of sp³-hybridized carbons (Fsp3) is 0.903. The summed E-state index contributed by atoms with van der Waals surface area (Å²) in [7, 11) is 0. The van der Waals surface area contributed by atoms with Crippen LogP contribution in [0.4, 0.5) is 0 Å². The van der Waals surface area contributed by atoms with Gasteiger partial charge in [0.2, 0.25) is 0 Å². The van der Waals surface area contributed by atoms with Gasteiger partial charge in [0.05, 0.1) is 17.3 Å². The SMILES string of the molecule is CC(=O)O[C@H]1C[C@]2(O)C[C@]34OC(=O)[C@H](O)[C@H]3OC(C)(C)[C@@H]4CC[C@H]2[C@@]2(C)[C@@H](O)C[C@@H]3[C@H](C)[C@H]([C@H]4OC(=O)[C@@]5(C)O[C@@H]45)O[C@@]132. The molecule has 0 radical (unpaired) electrons. The highest BCUT2D eigenvalue weighted by Gasteiger charge is 2.84. The van der Waals surface area contributed by atoms with Gasteiger partial charge in [-0.15, -0.1) is 0 Å². The molecule has 12 nitrogen and oxygen atoms in total. The maximum absolute atomic E-state index is 12.8. The average Bonchev–Trinajstić information content (AvgIpc) is 3.16. The molecule has 8 fully saturated rings. The third kappa shape index (κ3) is 3.11. The van der Waals surface area contributed by atoms with Gasteiger partial charge in [0.1, 0.15) is 35.6 Å². The lowest BCUT2D eigenvalue weighted by atomic mass is 9.49. The Labute approximate surface area is 249 Å². The minimum Gasteiger partial charge on any atom is -0.459 e. The second kappa shape index (κ2) is 8.11. The normalized spacial score (nSPS) is 60.4. The number of hydrogen-bond donors (Lipinski definition) is 3. The lowest BCUT2D eigenvalue weighted by Gasteiger charge is -2.61. The predicted octanol–water partition coefficient (Wildman–Crippen LogP) is 0.547. The molecule has 5 aliphatic heterocycles. The van der Waals surface area contributed by atoms with E-state index in [0.29, 0.717) is 19.3 Å². The smallest absolute Gasteiger partial charge is 0.341 e. The molecule has 8 rings (SSSR count). The maximum atomic E-state index is 12.8. The van der Waals surface area contributed by atoms with Crippen molar-refractivity contribution in [2.24, 2.45) is 29.1 Å². The van der Waals surface area contributed by atoms with Gasteiger partial charge in [-0.2, -0.15) is 0 Å². The Morgan fingerprint density at radius 1 is 0.977 bits per heavy atom. The quantitative estimate of drug-likeness (QED) is 0.227. The van der Waals surface area contributed by atoms with Crippen LogP contribution in [0.2, 0.25) is 0 Å². The first-order valence-corrected chi connectivity index (χ1v) is 15.7. The van der Waals surface area contributed by atoms with Crippen LogP contribution in [-0.2, 0) is 42.8 Å². The number of hydrogen-bond acceptors (Lipinski definition) is 12. The van der Waals surface area contributed by atoms with Crippen molar-refractivity contribution in [1.82, 2.24) is 0 Å². The van der Waals surface area contributed by atoms with Gasteiger partial charge in [-0.1, -0.05) is 13.8 Å². The van der Waals surface area contributed by atoms with Crippen molar-refractivity contribution in [3.05, 3.63) is 0 Å². The number of aliphatic hydroxyl groups excluding tert-OH is 2. The molecular weight excluding hydrogens is 564 g/mol. The highest BCUT2D eigenvalue weighted by molar-refractivity contribution is 5.86. The second-order valence-electron chi connectivity index (χ2n) is 15.6. The van der Waals surface area contributed by atoms with Crippen LogP contribution in [0.3, 0.4) is 0 Å². The van der Waals surface area contributed by atoms with E-state index in [1.165, 1.54) is 6.92 Å². The van der Waals surface area contributed by atoms with Crippen molar-refractivity contribution < 1.29 is 58.1 Å². The van der Waals surface area contributed by atoms with Gasteiger partial charge in [0.25, 0.3) is 0 Å². The fourth-order valence-electron chi connectivity index (χ4n) is 11.6. The largest absolute Gasteiger partial charge is 0.459 e. The molecule has 238 valence electrons. The van der Waals surface area contributed by atoms with Crippen LogP contribution in [-0.4, -0.2) is 104 Å². The molecule has 3 N–H and O–H groups in total. The fourth-order valence-corrected chi connectivity index (χ4v) is 11.6. The number of carbonyl (C=O) groups is 3. The lowest BCUT2D eigenvalue weighted by molar-refractivity contribution is -0.294. The van der Waals surface area contributed by atoms with Gasteiger partial charge in [-0.25, -0.2) is 9.59 Å². The Balaban J connectivity index is 1.24. The van der Waals surface area contributed by atoms with Crippen molar-refractivity contribution >= 4 is 17.9 Å². The summed E-state index contributed by atoms with van der Waals surface area (Å²) >= 11 is 0. The molecule has 5 heterocycles. The molecular formula is C31H42O12. The zero-order valence-electron chi connectivity index (χ0n) is 25.4. The molecule has 3 aliphatic carbocycles. The Morgan fingerprint density at radius 2 is 1.67 bits per heavy atom. The maximum Gasteiger partial charge on any atom is 0.341 e. The Bertz CT molecular complexity index is 1320. The first kappa shape index (κ1) is 28.6. The van der Waals surface area contributed by atoms with Crippen LogP contribution in [0, 0.1) is 29.1 Å². The Kier molecular flexibility index (Phi) is 5.40. The third-order valence-electron chi connectivity index (χ3n) is 13.4. The second-order valence-corrected chi connectivity index (χ2v) is 15.6. The number of rotatable bonds is 2. The standard InChI is InChI=1S/C31H42O12/c1-12-14-9-17(33)27(5)16-8-7-15-26(3,4)41-22-19(34)24(35)43-30(15,22)11-29(16,37)10-18(38-13(2)32)31(14,27)40-20(12)21-23-28(6,42-23)25(36)39-21/h12,14-23,33-34,37H,7-11H2,1-6H3/t12-,14+,15-,16-,17-,18-,19+,20+,21+,22+,23-,27-,28-,29-,30+,31+/m0/s1. The molecule has 0 aromatic carbocycles. The van der Waals surface area contributed by atoms with E-state index in [1.807, 2.05) is 27.7 Å². The van der Waals surface area contributed by atoms with E-state index in [4.69, 9.17) is 28.4 Å². The molecule has 0 unspecified atom stereocenters. The summed E-state index contributed by atoms with van der Waals surface area (Å²) in [6.07, 6.45) is -4.71. The van der Waals surface area contributed by atoms with E-state index >= 15 is 0 Å². The van der Waals surface area contributed by atoms with Gasteiger partial charge >= 0.3 is 17.9 Å². The van der Waals surface area contributed by atoms with Gasteiger partial charge in [0.15, 0.2) is 17.8 Å². The van der Waals surface area contributed by atoms with E-state index in [1.54, 1.807) is 6.92 Å². The number of fused-ring (bicyclic) bond motifs is 3.